The third-order valence-corrected chi connectivity index (χ3v) is 4.53. The van der Waals surface area contributed by atoms with E-state index < -0.39 is 0 Å². The maximum absolute atomic E-state index is 5.92. The third kappa shape index (κ3) is 3.08. The molecule has 4 nitrogen and oxygen atoms in total. The summed E-state index contributed by atoms with van der Waals surface area (Å²) in [7, 11) is 0. The van der Waals surface area contributed by atoms with Crippen molar-refractivity contribution in [1.82, 2.24) is 10.2 Å². The second kappa shape index (κ2) is 5.64. The monoisotopic (exact) mass is 292 g/mol. The summed E-state index contributed by atoms with van der Waals surface area (Å²) < 4.78 is 0. The van der Waals surface area contributed by atoms with E-state index in [1.165, 1.54) is 12.8 Å². The fraction of sp³-hybridized carbons (Fsp3) is 0.667. The van der Waals surface area contributed by atoms with Crippen LogP contribution in [-0.4, -0.2) is 28.3 Å². The van der Waals surface area contributed by atoms with Gasteiger partial charge < -0.3 is 10.6 Å². The van der Waals surface area contributed by atoms with Gasteiger partial charge in [0.05, 0.1) is 11.3 Å². The molecule has 0 spiro atoms. The first-order chi connectivity index (χ1) is 9.32. The highest BCUT2D eigenvalue weighted by atomic mass is 32.1. The van der Waals surface area contributed by atoms with Crippen molar-refractivity contribution in [3.8, 4) is 0 Å². The Morgan fingerprint density at radius 1 is 1.20 bits per heavy atom. The lowest BCUT2D eigenvalue weighted by Gasteiger charge is -2.26. The maximum atomic E-state index is 5.92. The molecule has 0 radical (unpaired) electrons. The molecule has 2 N–H and O–H groups in total. The van der Waals surface area contributed by atoms with Crippen LogP contribution in [0.2, 0.25) is 0 Å². The van der Waals surface area contributed by atoms with Crippen molar-refractivity contribution >= 4 is 23.0 Å². The third-order valence-electron chi connectivity index (χ3n) is 4.32. The van der Waals surface area contributed by atoms with Crippen LogP contribution in [0, 0.1) is 19.3 Å². The average molecular weight is 292 g/mol. The summed E-state index contributed by atoms with van der Waals surface area (Å²) in [4.78, 5) is 2.71. The van der Waals surface area contributed by atoms with Crippen LogP contribution < -0.4 is 10.6 Å². The molecular formula is C15H24N4S. The number of anilines is 1. The van der Waals surface area contributed by atoms with E-state index >= 15 is 0 Å². The molecule has 0 aromatic carbocycles. The smallest absolute Gasteiger partial charge is 0.161 e. The van der Waals surface area contributed by atoms with E-state index in [-0.39, 0.29) is 0 Å². The molecule has 110 valence electrons. The summed E-state index contributed by atoms with van der Waals surface area (Å²) in [6.45, 7) is 10.6. The zero-order chi connectivity index (χ0) is 14.9. The fourth-order valence-corrected chi connectivity index (χ4v) is 2.99. The predicted octanol–water partition coefficient (Wildman–Crippen LogP) is 2.74. The zero-order valence-corrected chi connectivity index (χ0v) is 13.7. The van der Waals surface area contributed by atoms with Gasteiger partial charge in [-0.1, -0.05) is 26.1 Å². The first-order valence-corrected chi connectivity index (χ1v) is 7.61. The van der Waals surface area contributed by atoms with Crippen LogP contribution in [0.5, 0.6) is 0 Å². The van der Waals surface area contributed by atoms with E-state index in [1.807, 2.05) is 13.8 Å². The van der Waals surface area contributed by atoms with Crippen molar-refractivity contribution in [1.29, 1.82) is 0 Å². The molecule has 0 bridgehead atoms. The molecule has 1 saturated heterocycles. The van der Waals surface area contributed by atoms with Crippen LogP contribution in [0.15, 0.2) is 0 Å². The van der Waals surface area contributed by atoms with Gasteiger partial charge in [-0.2, -0.15) is 5.10 Å². The number of thiocarbonyl (C=S) groups is 1. The molecule has 0 aliphatic carbocycles. The Morgan fingerprint density at radius 3 is 2.55 bits per heavy atom. The van der Waals surface area contributed by atoms with E-state index in [0.717, 1.165) is 42.1 Å². The minimum Gasteiger partial charge on any atom is -0.389 e. The highest BCUT2D eigenvalue weighted by molar-refractivity contribution is 7.80. The van der Waals surface area contributed by atoms with Gasteiger partial charge in [0.2, 0.25) is 0 Å². The zero-order valence-electron chi connectivity index (χ0n) is 12.9. The van der Waals surface area contributed by atoms with Crippen LogP contribution in [-0.2, 0) is 0 Å². The summed E-state index contributed by atoms with van der Waals surface area (Å²) in [6, 6.07) is 0. The Hall–Kier alpha value is -1.23. The highest BCUT2D eigenvalue weighted by Crippen LogP contribution is 2.32. The van der Waals surface area contributed by atoms with Gasteiger partial charge in [0.1, 0.15) is 4.99 Å². The Labute approximate surface area is 126 Å². The standard InChI is InChI=1S/C15H24N4S/c1-10-11(2)17-18-14(12(10)13(16)20)19-8-5-6-15(3,4)7-9-19/h5-9H2,1-4H3,(H2,16,20). The van der Waals surface area contributed by atoms with Crippen molar-refractivity contribution in [2.24, 2.45) is 11.1 Å². The molecule has 0 unspecified atom stereocenters. The number of rotatable bonds is 2. The largest absolute Gasteiger partial charge is 0.389 e. The van der Waals surface area contributed by atoms with Crippen molar-refractivity contribution in [2.75, 3.05) is 18.0 Å². The molecular weight excluding hydrogens is 268 g/mol. The van der Waals surface area contributed by atoms with E-state index in [4.69, 9.17) is 18.0 Å². The van der Waals surface area contributed by atoms with Crippen molar-refractivity contribution in [2.45, 2.75) is 47.0 Å². The molecule has 0 atom stereocenters. The summed E-state index contributed by atoms with van der Waals surface area (Å²) in [6.07, 6.45) is 3.56. The summed E-state index contributed by atoms with van der Waals surface area (Å²) >= 11 is 5.23. The molecule has 1 aliphatic rings. The Balaban J connectivity index is 2.38. The van der Waals surface area contributed by atoms with Gasteiger partial charge in [-0.05, 0) is 44.1 Å². The van der Waals surface area contributed by atoms with Gasteiger partial charge in [-0.15, -0.1) is 5.10 Å². The quantitative estimate of drug-likeness (QED) is 0.849. The van der Waals surface area contributed by atoms with Gasteiger partial charge in [-0.3, -0.25) is 0 Å². The van der Waals surface area contributed by atoms with Gasteiger partial charge in [0, 0.05) is 13.1 Å². The van der Waals surface area contributed by atoms with Gasteiger partial charge >= 0.3 is 0 Å². The molecule has 5 heteroatoms. The lowest BCUT2D eigenvalue weighted by atomic mass is 9.85. The van der Waals surface area contributed by atoms with Crippen molar-refractivity contribution < 1.29 is 0 Å². The number of hydrogen-bond acceptors (Lipinski definition) is 4. The topological polar surface area (TPSA) is 55.0 Å². The normalized spacial score (nSPS) is 18.7. The van der Waals surface area contributed by atoms with Crippen LogP contribution in [0.25, 0.3) is 0 Å². The fourth-order valence-electron chi connectivity index (χ4n) is 2.75. The second-order valence-electron chi connectivity index (χ2n) is 6.48. The van der Waals surface area contributed by atoms with Crippen LogP contribution in [0.1, 0.15) is 49.9 Å². The first-order valence-electron chi connectivity index (χ1n) is 7.20. The van der Waals surface area contributed by atoms with E-state index in [9.17, 15) is 0 Å². The number of nitrogens with zero attached hydrogens (tertiary/aromatic N) is 3. The van der Waals surface area contributed by atoms with Gasteiger partial charge in [0.15, 0.2) is 5.82 Å². The van der Waals surface area contributed by atoms with Crippen molar-refractivity contribution in [3.63, 3.8) is 0 Å². The van der Waals surface area contributed by atoms with Crippen LogP contribution in [0.4, 0.5) is 5.82 Å². The Bertz CT molecular complexity index is 525. The minimum absolute atomic E-state index is 0.394. The van der Waals surface area contributed by atoms with Crippen LogP contribution in [0.3, 0.4) is 0 Å². The lowest BCUT2D eigenvalue weighted by Crippen LogP contribution is -2.30. The number of nitrogens with two attached hydrogens (primary N) is 1. The molecule has 0 saturated carbocycles. The number of aromatic nitrogens is 2. The molecule has 20 heavy (non-hydrogen) atoms. The summed E-state index contributed by atoms with van der Waals surface area (Å²) in [5, 5.41) is 8.64. The van der Waals surface area contributed by atoms with Gasteiger partial charge in [0.25, 0.3) is 0 Å². The SMILES string of the molecule is Cc1nnc(N2CCCC(C)(C)CC2)c(C(N)=S)c1C. The maximum Gasteiger partial charge on any atom is 0.161 e. The predicted molar refractivity (Wildman–Crippen MR) is 87.2 cm³/mol. The highest BCUT2D eigenvalue weighted by Gasteiger charge is 2.26. The van der Waals surface area contributed by atoms with Gasteiger partial charge in [-0.25, -0.2) is 0 Å². The summed E-state index contributed by atoms with van der Waals surface area (Å²) in [5.74, 6) is 0.860. The Morgan fingerprint density at radius 2 is 1.90 bits per heavy atom. The van der Waals surface area contributed by atoms with E-state index in [0.29, 0.717) is 10.4 Å². The van der Waals surface area contributed by atoms with Crippen molar-refractivity contribution in [3.05, 3.63) is 16.8 Å². The molecule has 2 heterocycles. The molecule has 1 aromatic heterocycles. The second-order valence-corrected chi connectivity index (χ2v) is 6.92. The molecule has 1 aliphatic heterocycles. The average Bonchev–Trinajstić information content (AvgIpc) is 2.53. The minimum atomic E-state index is 0.394. The lowest BCUT2D eigenvalue weighted by molar-refractivity contribution is 0.325. The van der Waals surface area contributed by atoms with E-state index in [2.05, 4.69) is 28.9 Å². The van der Waals surface area contributed by atoms with Crippen LogP contribution >= 0.6 is 12.2 Å². The summed E-state index contributed by atoms with van der Waals surface area (Å²) in [5.41, 5.74) is 9.15. The molecule has 2 rings (SSSR count). The van der Waals surface area contributed by atoms with E-state index in [1.54, 1.807) is 0 Å². The molecule has 1 aromatic rings. The Kier molecular flexibility index (Phi) is 4.28. The molecule has 1 fully saturated rings. The number of aryl methyl sites for hydroxylation is 1. The number of hydrogen-bond donors (Lipinski definition) is 1. The molecule has 0 amide bonds. The first kappa shape index (κ1) is 15.2.